The van der Waals surface area contributed by atoms with E-state index >= 15 is 0 Å². The van der Waals surface area contributed by atoms with Gasteiger partial charge in [0.05, 0.1) is 23.4 Å². The van der Waals surface area contributed by atoms with Crippen molar-refractivity contribution in [3.63, 3.8) is 0 Å². The molecule has 1 saturated carbocycles. The Morgan fingerprint density at radius 3 is 2.64 bits per heavy atom. The molecular formula is C17H25N3O2. The maximum absolute atomic E-state index is 12.8. The van der Waals surface area contributed by atoms with Crippen molar-refractivity contribution in [2.24, 2.45) is 11.8 Å². The Morgan fingerprint density at radius 2 is 2.14 bits per heavy atom. The van der Waals surface area contributed by atoms with Gasteiger partial charge in [0, 0.05) is 24.6 Å². The lowest BCUT2D eigenvalue weighted by Crippen LogP contribution is -2.43. The minimum Gasteiger partial charge on any atom is -0.387 e. The quantitative estimate of drug-likeness (QED) is 0.929. The van der Waals surface area contributed by atoms with Crippen molar-refractivity contribution in [2.75, 3.05) is 13.1 Å². The predicted molar refractivity (Wildman–Crippen MR) is 83.6 cm³/mol. The van der Waals surface area contributed by atoms with Crippen LogP contribution in [0.1, 0.15) is 61.4 Å². The molecule has 1 amide bonds. The van der Waals surface area contributed by atoms with Gasteiger partial charge < -0.3 is 10.0 Å². The average molecular weight is 303 g/mol. The first-order chi connectivity index (χ1) is 10.3. The molecule has 22 heavy (non-hydrogen) atoms. The van der Waals surface area contributed by atoms with Crippen LogP contribution in [0.3, 0.4) is 0 Å². The minimum absolute atomic E-state index is 0.0664. The van der Waals surface area contributed by atoms with Crippen LogP contribution < -0.4 is 0 Å². The summed E-state index contributed by atoms with van der Waals surface area (Å²) in [6.07, 6.45) is 3.96. The highest BCUT2D eigenvalue weighted by atomic mass is 16.3. The molecule has 0 aromatic carbocycles. The van der Waals surface area contributed by atoms with Gasteiger partial charge >= 0.3 is 0 Å². The standard InChI is InChI=1S/C17H25N3O2/c1-10(2)17(22)9-20(8-11(17)3)16(21)14-7-18-15(13-5-6-13)19-12(14)4/h7,10-11,13,22H,5-6,8-9H2,1-4H3/t11-,17-/m0/s1. The van der Waals surface area contributed by atoms with Gasteiger partial charge in [0.1, 0.15) is 5.82 Å². The molecule has 0 bridgehead atoms. The van der Waals surface area contributed by atoms with Crippen molar-refractivity contribution < 1.29 is 9.90 Å². The molecule has 5 heteroatoms. The normalized spacial score (nSPS) is 28.5. The third kappa shape index (κ3) is 2.51. The zero-order chi connectivity index (χ0) is 16.1. The van der Waals surface area contributed by atoms with Crippen molar-refractivity contribution in [3.05, 3.63) is 23.3 Å². The van der Waals surface area contributed by atoms with Gasteiger partial charge in [0.25, 0.3) is 5.91 Å². The zero-order valence-electron chi connectivity index (χ0n) is 13.8. The maximum Gasteiger partial charge on any atom is 0.257 e. The molecule has 1 aliphatic heterocycles. The van der Waals surface area contributed by atoms with Gasteiger partial charge in [-0.1, -0.05) is 20.8 Å². The van der Waals surface area contributed by atoms with Gasteiger partial charge in [0.15, 0.2) is 0 Å². The van der Waals surface area contributed by atoms with E-state index in [1.54, 1.807) is 11.1 Å². The van der Waals surface area contributed by atoms with Crippen LogP contribution in [0, 0.1) is 18.8 Å². The summed E-state index contributed by atoms with van der Waals surface area (Å²) in [6, 6.07) is 0. The van der Waals surface area contributed by atoms with E-state index in [1.165, 1.54) is 0 Å². The number of aliphatic hydroxyl groups is 1. The van der Waals surface area contributed by atoms with E-state index < -0.39 is 5.60 Å². The zero-order valence-corrected chi connectivity index (χ0v) is 13.8. The number of β-amino-alcohol motifs (C(OH)–C–C–N with tert-alkyl or cyclic N) is 1. The molecule has 2 aliphatic rings. The van der Waals surface area contributed by atoms with Gasteiger partial charge in [-0.15, -0.1) is 0 Å². The summed E-state index contributed by atoms with van der Waals surface area (Å²) in [5, 5.41) is 10.8. The molecule has 2 fully saturated rings. The fourth-order valence-electron chi connectivity index (χ4n) is 3.32. The van der Waals surface area contributed by atoms with E-state index in [0.29, 0.717) is 24.6 Å². The topological polar surface area (TPSA) is 66.3 Å². The number of aryl methyl sites for hydroxylation is 1. The SMILES string of the molecule is Cc1nc(C2CC2)ncc1C(=O)N1C[C@H](C)[C@@](O)(C(C)C)C1. The molecule has 1 aromatic rings. The number of aromatic nitrogens is 2. The van der Waals surface area contributed by atoms with E-state index in [4.69, 9.17) is 0 Å². The third-order valence-electron chi connectivity index (χ3n) is 5.25. The summed E-state index contributed by atoms with van der Waals surface area (Å²) in [6.45, 7) is 8.85. The number of carbonyl (C=O) groups is 1. The summed E-state index contributed by atoms with van der Waals surface area (Å²) < 4.78 is 0. The van der Waals surface area contributed by atoms with Gasteiger partial charge in [-0.3, -0.25) is 4.79 Å². The molecule has 5 nitrogen and oxygen atoms in total. The number of hydrogen-bond acceptors (Lipinski definition) is 4. The molecule has 2 atom stereocenters. The Morgan fingerprint density at radius 1 is 1.45 bits per heavy atom. The van der Waals surface area contributed by atoms with Crippen LogP contribution in [0.2, 0.25) is 0 Å². The number of hydrogen-bond donors (Lipinski definition) is 1. The molecular weight excluding hydrogens is 278 g/mol. The smallest absolute Gasteiger partial charge is 0.257 e. The molecule has 3 rings (SSSR count). The minimum atomic E-state index is -0.807. The molecule has 1 N–H and O–H groups in total. The van der Waals surface area contributed by atoms with Crippen molar-refractivity contribution in [1.29, 1.82) is 0 Å². The summed E-state index contributed by atoms with van der Waals surface area (Å²) in [7, 11) is 0. The second-order valence-corrected chi connectivity index (χ2v) is 7.23. The average Bonchev–Trinajstić information content (AvgIpc) is 3.25. The van der Waals surface area contributed by atoms with E-state index in [9.17, 15) is 9.90 Å². The molecule has 1 aromatic heterocycles. The predicted octanol–water partition coefficient (Wildman–Crippen LogP) is 2.14. The van der Waals surface area contributed by atoms with Crippen LogP contribution in [-0.4, -0.2) is 44.6 Å². The summed E-state index contributed by atoms with van der Waals surface area (Å²) >= 11 is 0. The molecule has 0 radical (unpaired) electrons. The highest BCUT2D eigenvalue weighted by Crippen LogP contribution is 2.38. The van der Waals surface area contributed by atoms with Gasteiger partial charge in [0.2, 0.25) is 0 Å². The van der Waals surface area contributed by atoms with E-state index in [0.717, 1.165) is 24.4 Å². The van der Waals surface area contributed by atoms with Crippen LogP contribution in [0.4, 0.5) is 0 Å². The number of carbonyl (C=O) groups excluding carboxylic acids is 1. The van der Waals surface area contributed by atoms with Crippen LogP contribution >= 0.6 is 0 Å². The maximum atomic E-state index is 12.8. The highest BCUT2D eigenvalue weighted by molar-refractivity contribution is 5.95. The lowest BCUT2D eigenvalue weighted by atomic mass is 9.82. The summed E-state index contributed by atoms with van der Waals surface area (Å²) in [4.78, 5) is 23.4. The highest BCUT2D eigenvalue weighted by Gasteiger charge is 2.46. The van der Waals surface area contributed by atoms with Crippen LogP contribution in [0.5, 0.6) is 0 Å². The largest absolute Gasteiger partial charge is 0.387 e. The fraction of sp³-hybridized carbons (Fsp3) is 0.706. The second kappa shape index (κ2) is 5.30. The Balaban J connectivity index is 1.80. The number of rotatable bonds is 3. The second-order valence-electron chi connectivity index (χ2n) is 7.23. The van der Waals surface area contributed by atoms with Crippen molar-refractivity contribution in [2.45, 2.75) is 52.1 Å². The van der Waals surface area contributed by atoms with Crippen molar-refractivity contribution in [3.8, 4) is 0 Å². The number of amides is 1. The first kappa shape index (κ1) is 15.4. The Bertz CT molecular complexity index is 598. The number of nitrogens with zero attached hydrogens (tertiary/aromatic N) is 3. The molecule has 1 aliphatic carbocycles. The first-order valence-corrected chi connectivity index (χ1v) is 8.18. The van der Waals surface area contributed by atoms with Crippen molar-refractivity contribution in [1.82, 2.24) is 14.9 Å². The Labute approximate surface area is 131 Å². The monoisotopic (exact) mass is 303 g/mol. The molecule has 2 heterocycles. The first-order valence-electron chi connectivity index (χ1n) is 8.18. The van der Waals surface area contributed by atoms with E-state index in [1.807, 2.05) is 27.7 Å². The van der Waals surface area contributed by atoms with Gasteiger partial charge in [-0.2, -0.15) is 0 Å². The lowest BCUT2D eigenvalue weighted by molar-refractivity contribution is -0.0244. The van der Waals surface area contributed by atoms with Gasteiger partial charge in [-0.05, 0) is 25.7 Å². The van der Waals surface area contributed by atoms with Gasteiger partial charge in [-0.25, -0.2) is 9.97 Å². The molecule has 120 valence electrons. The molecule has 0 spiro atoms. The lowest BCUT2D eigenvalue weighted by Gasteiger charge is -2.31. The van der Waals surface area contributed by atoms with Crippen LogP contribution in [0.15, 0.2) is 6.20 Å². The molecule has 0 unspecified atom stereocenters. The third-order valence-corrected chi connectivity index (χ3v) is 5.25. The van der Waals surface area contributed by atoms with Crippen molar-refractivity contribution >= 4 is 5.91 Å². The van der Waals surface area contributed by atoms with Crippen LogP contribution in [-0.2, 0) is 0 Å². The number of likely N-dealkylation sites (tertiary alicyclic amines) is 1. The Kier molecular flexibility index (Phi) is 3.71. The van der Waals surface area contributed by atoms with E-state index in [2.05, 4.69) is 9.97 Å². The fourth-order valence-corrected chi connectivity index (χ4v) is 3.32. The van der Waals surface area contributed by atoms with Crippen LogP contribution in [0.25, 0.3) is 0 Å². The summed E-state index contributed by atoms with van der Waals surface area (Å²) in [5.74, 6) is 1.48. The summed E-state index contributed by atoms with van der Waals surface area (Å²) in [5.41, 5.74) is 0.498. The molecule has 1 saturated heterocycles. The van der Waals surface area contributed by atoms with E-state index in [-0.39, 0.29) is 17.7 Å². The Hall–Kier alpha value is -1.49.